The number of carbonyl (C=O) groups is 1. The summed E-state index contributed by atoms with van der Waals surface area (Å²) in [5.74, 6) is 0.196. The number of sulfonamides is 1. The van der Waals surface area contributed by atoms with E-state index in [0.29, 0.717) is 31.4 Å². The number of rotatable bonds is 7. The standard InChI is InChI=1S/C22H27FN2O4S/c1-3-29-20-10-12-21(13-11-20)30(27,28)25(19-8-6-18(23)7-9-19)16-22(26)24-14-4-5-17(2)15-24/h6-13,17H,3-5,14-16H2,1-2H3. The molecule has 1 amide bonds. The lowest BCUT2D eigenvalue weighted by atomic mass is 10.0. The summed E-state index contributed by atoms with van der Waals surface area (Å²) in [7, 11) is -4.04. The Morgan fingerprint density at radius 2 is 1.83 bits per heavy atom. The number of amides is 1. The number of benzene rings is 2. The highest BCUT2D eigenvalue weighted by Gasteiger charge is 2.30. The van der Waals surface area contributed by atoms with E-state index in [0.717, 1.165) is 17.1 Å². The van der Waals surface area contributed by atoms with E-state index in [4.69, 9.17) is 4.74 Å². The zero-order valence-corrected chi connectivity index (χ0v) is 18.1. The van der Waals surface area contributed by atoms with E-state index in [1.54, 1.807) is 17.0 Å². The first-order valence-electron chi connectivity index (χ1n) is 10.1. The van der Waals surface area contributed by atoms with Gasteiger partial charge in [0.2, 0.25) is 5.91 Å². The highest BCUT2D eigenvalue weighted by Crippen LogP contribution is 2.26. The quantitative estimate of drug-likeness (QED) is 0.667. The molecule has 1 aliphatic heterocycles. The normalized spacial score (nSPS) is 16.9. The van der Waals surface area contributed by atoms with Crippen molar-refractivity contribution >= 4 is 21.6 Å². The van der Waals surface area contributed by atoms with Gasteiger partial charge in [-0.3, -0.25) is 9.10 Å². The molecule has 1 aliphatic rings. The van der Waals surface area contributed by atoms with Crippen LogP contribution in [-0.4, -0.2) is 45.5 Å². The third kappa shape index (κ3) is 5.11. The van der Waals surface area contributed by atoms with Crippen LogP contribution in [0.2, 0.25) is 0 Å². The van der Waals surface area contributed by atoms with Crippen LogP contribution in [0.15, 0.2) is 53.4 Å². The average Bonchev–Trinajstić information content (AvgIpc) is 2.73. The second-order valence-corrected chi connectivity index (χ2v) is 9.34. The molecule has 8 heteroatoms. The number of piperidine rings is 1. The Morgan fingerprint density at radius 1 is 1.17 bits per heavy atom. The molecule has 0 aliphatic carbocycles. The van der Waals surface area contributed by atoms with Crippen LogP contribution >= 0.6 is 0 Å². The maximum atomic E-state index is 13.4. The van der Waals surface area contributed by atoms with Gasteiger partial charge in [0.15, 0.2) is 0 Å². The fourth-order valence-electron chi connectivity index (χ4n) is 3.56. The van der Waals surface area contributed by atoms with Gasteiger partial charge < -0.3 is 9.64 Å². The monoisotopic (exact) mass is 434 g/mol. The van der Waals surface area contributed by atoms with Crippen LogP contribution in [0.5, 0.6) is 5.75 Å². The number of nitrogens with zero attached hydrogens (tertiary/aromatic N) is 2. The molecular weight excluding hydrogens is 407 g/mol. The van der Waals surface area contributed by atoms with Crippen molar-refractivity contribution < 1.29 is 22.3 Å². The Balaban J connectivity index is 1.92. The molecule has 3 rings (SSSR count). The molecule has 2 aromatic rings. The third-order valence-corrected chi connectivity index (χ3v) is 6.91. The van der Waals surface area contributed by atoms with Gasteiger partial charge in [-0.1, -0.05) is 6.92 Å². The average molecular weight is 435 g/mol. The molecule has 2 aromatic carbocycles. The smallest absolute Gasteiger partial charge is 0.264 e. The largest absolute Gasteiger partial charge is 0.494 e. The lowest BCUT2D eigenvalue weighted by Crippen LogP contribution is -2.46. The summed E-state index contributed by atoms with van der Waals surface area (Å²) in [5.41, 5.74) is 0.240. The molecule has 0 bridgehead atoms. The fraction of sp³-hybridized carbons (Fsp3) is 0.409. The van der Waals surface area contributed by atoms with E-state index >= 15 is 0 Å². The van der Waals surface area contributed by atoms with E-state index in [-0.39, 0.29) is 23.0 Å². The van der Waals surface area contributed by atoms with E-state index in [1.165, 1.54) is 36.4 Å². The summed E-state index contributed by atoms with van der Waals surface area (Å²) >= 11 is 0. The Labute approximate surface area is 177 Å². The third-order valence-electron chi connectivity index (χ3n) is 5.13. The van der Waals surface area contributed by atoms with E-state index in [2.05, 4.69) is 6.92 Å². The highest BCUT2D eigenvalue weighted by molar-refractivity contribution is 7.92. The van der Waals surface area contributed by atoms with Crippen molar-refractivity contribution in [1.29, 1.82) is 0 Å². The molecule has 1 saturated heterocycles. The minimum atomic E-state index is -4.04. The second-order valence-electron chi connectivity index (χ2n) is 7.48. The molecular formula is C22H27FN2O4S. The van der Waals surface area contributed by atoms with Crippen LogP contribution in [-0.2, 0) is 14.8 Å². The molecule has 1 atom stereocenters. The minimum Gasteiger partial charge on any atom is -0.494 e. The number of hydrogen-bond donors (Lipinski definition) is 0. The summed E-state index contributed by atoms with van der Waals surface area (Å²) in [6, 6.07) is 11.2. The summed E-state index contributed by atoms with van der Waals surface area (Å²) in [4.78, 5) is 14.7. The molecule has 0 N–H and O–H groups in total. The number of anilines is 1. The fourth-order valence-corrected chi connectivity index (χ4v) is 4.98. The summed E-state index contributed by atoms with van der Waals surface area (Å²) in [6.45, 7) is 5.27. The molecule has 1 fully saturated rings. The van der Waals surface area contributed by atoms with Crippen LogP contribution in [0.25, 0.3) is 0 Å². The van der Waals surface area contributed by atoms with Crippen LogP contribution in [0, 0.1) is 11.7 Å². The lowest BCUT2D eigenvalue weighted by Gasteiger charge is -2.33. The van der Waals surface area contributed by atoms with Gasteiger partial charge in [0, 0.05) is 13.1 Å². The van der Waals surface area contributed by atoms with Crippen LogP contribution < -0.4 is 9.04 Å². The SMILES string of the molecule is CCOc1ccc(S(=O)(=O)N(CC(=O)N2CCCC(C)C2)c2ccc(F)cc2)cc1. The predicted octanol–water partition coefficient (Wildman–Crippen LogP) is 3.68. The predicted molar refractivity (Wildman–Crippen MR) is 114 cm³/mol. The first kappa shape index (κ1) is 22.1. The van der Waals surface area contributed by atoms with E-state index in [1.807, 2.05) is 6.92 Å². The van der Waals surface area contributed by atoms with Gasteiger partial charge in [-0.25, -0.2) is 12.8 Å². The summed E-state index contributed by atoms with van der Waals surface area (Å²) in [5, 5.41) is 0. The molecule has 0 aromatic heterocycles. The van der Waals surface area contributed by atoms with Crippen molar-refractivity contribution in [2.45, 2.75) is 31.6 Å². The van der Waals surface area contributed by atoms with Crippen molar-refractivity contribution in [2.75, 3.05) is 30.5 Å². The zero-order chi connectivity index (χ0) is 21.7. The van der Waals surface area contributed by atoms with Crippen molar-refractivity contribution in [3.05, 3.63) is 54.3 Å². The summed E-state index contributed by atoms with van der Waals surface area (Å²) in [6.07, 6.45) is 1.95. The van der Waals surface area contributed by atoms with Crippen molar-refractivity contribution in [3.63, 3.8) is 0 Å². The first-order chi connectivity index (χ1) is 14.3. The topological polar surface area (TPSA) is 66.9 Å². The Kier molecular flexibility index (Phi) is 6.97. The molecule has 0 spiro atoms. The molecule has 162 valence electrons. The first-order valence-corrected chi connectivity index (χ1v) is 11.5. The van der Waals surface area contributed by atoms with Gasteiger partial charge in [-0.15, -0.1) is 0 Å². The highest BCUT2D eigenvalue weighted by atomic mass is 32.2. The van der Waals surface area contributed by atoms with Crippen molar-refractivity contribution in [1.82, 2.24) is 4.90 Å². The van der Waals surface area contributed by atoms with Gasteiger partial charge in [0.25, 0.3) is 10.0 Å². The molecule has 0 saturated carbocycles. The molecule has 0 radical (unpaired) electrons. The van der Waals surface area contributed by atoms with Gasteiger partial charge in [0.1, 0.15) is 18.1 Å². The lowest BCUT2D eigenvalue weighted by molar-refractivity contribution is -0.131. The Bertz CT molecular complexity index is 962. The van der Waals surface area contributed by atoms with Gasteiger partial charge >= 0.3 is 0 Å². The second kappa shape index (κ2) is 9.47. The zero-order valence-electron chi connectivity index (χ0n) is 17.3. The number of ether oxygens (including phenoxy) is 1. The van der Waals surface area contributed by atoms with Gasteiger partial charge in [0.05, 0.1) is 17.2 Å². The number of carbonyl (C=O) groups excluding carboxylic acids is 1. The molecule has 1 heterocycles. The maximum absolute atomic E-state index is 13.4. The van der Waals surface area contributed by atoms with E-state index < -0.39 is 15.8 Å². The Hall–Kier alpha value is -2.61. The minimum absolute atomic E-state index is 0.0371. The van der Waals surface area contributed by atoms with Gasteiger partial charge in [-0.2, -0.15) is 0 Å². The Morgan fingerprint density at radius 3 is 2.43 bits per heavy atom. The number of halogens is 1. The van der Waals surface area contributed by atoms with E-state index in [9.17, 15) is 17.6 Å². The number of hydrogen-bond acceptors (Lipinski definition) is 4. The molecule has 6 nitrogen and oxygen atoms in total. The summed E-state index contributed by atoms with van der Waals surface area (Å²) < 4.78 is 46.6. The number of likely N-dealkylation sites (tertiary alicyclic amines) is 1. The van der Waals surface area contributed by atoms with Crippen LogP contribution in [0.1, 0.15) is 26.7 Å². The van der Waals surface area contributed by atoms with Crippen molar-refractivity contribution in [2.24, 2.45) is 5.92 Å². The molecule has 1 unspecified atom stereocenters. The van der Waals surface area contributed by atoms with Crippen LogP contribution in [0.4, 0.5) is 10.1 Å². The van der Waals surface area contributed by atoms with Gasteiger partial charge in [-0.05, 0) is 74.2 Å². The molecule has 30 heavy (non-hydrogen) atoms. The maximum Gasteiger partial charge on any atom is 0.264 e. The van der Waals surface area contributed by atoms with Crippen molar-refractivity contribution in [3.8, 4) is 5.75 Å². The van der Waals surface area contributed by atoms with Crippen LogP contribution in [0.3, 0.4) is 0 Å².